The van der Waals surface area contributed by atoms with Crippen molar-refractivity contribution in [3.63, 3.8) is 0 Å². The molecular weight excluding hydrogens is 274 g/mol. The van der Waals surface area contributed by atoms with E-state index in [4.69, 9.17) is 10.5 Å². The summed E-state index contributed by atoms with van der Waals surface area (Å²) in [5.41, 5.74) is 6.04. The number of fused-ring (bicyclic) bond motifs is 1. The lowest BCUT2D eigenvalue weighted by molar-refractivity contribution is 0.323. The molecule has 1 aliphatic rings. The smallest absolute Gasteiger partial charge is 0.191 e. The molecule has 2 aromatic carbocycles. The highest BCUT2D eigenvalue weighted by Crippen LogP contribution is 2.24. The van der Waals surface area contributed by atoms with E-state index in [-0.39, 0.29) is 0 Å². The number of likely N-dealkylation sites (tertiary alicyclic amines) is 1. The Labute approximate surface area is 131 Å². The summed E-state index contributed by atoms with van der Waals surface area (Å²) in [7, 11) is 0. The van der Waals surface area contributed by atoms with E-state index in [1.165, 1.54) is 24.6 Å². The van der Waals surface area contributed by atoms with Crippen LogP contribution in [-0.2, 0) is 0 Å². The third kappa shape index (κ3) is 3.50. The van der Waals surface area contributed by atoms with E-state index in [0.29, 0.717) is 19.1 Å². The van der Waals surface area contributed by atoms with Crippen LogP contribution >= 0.6 is 0 Å². The van der Waals surface area contributed by atoms with Gasteiger partial charge in [-0.25, -0.2) is 4.99 Å². The van der Waals surface area contributed by atoms with Crippen LogP contribution in [-0.4, -0.2) is 37.1 Å². The van der Waals surface area contributed by atoms with E-state index in [9.17, 15) is 0 Å². The van der Waals surface area contributed by atoms with Gasteiger partial charge in [0.1, 0.15) is 12.4 Å². The minimum Gasteiger partial charge on any atom is -0.491 e. The van der Waals surface area contributed by atoms with Crippen LogP contribution in [0.5, 0.6) is 5.75 Å². The molecule has 116 valence electrons. The van der Waals surface area contributed by atoms with Gasteiger partial charge in [0.15, 0.2) is 5.96 Å². The summed E-state index contributed by atoms with van der Waals surface area (Å²) in [5.74, 6) is 1.56. The molecule has 0 saturated carbocycles. The molecule has 3 rings (SSSR count). The highest BCUT2D eigenvalue weighted by Gasteiger charge is 2.11. The fourth-order valence-corrected chi connectivity index (χ4v) is 2.86. The Balaban J connectivity index is 1.56. The molecular formula is C18H23N3O. The van der Waals surface area contributed by atoms with Crippen LogP contribution in [0.1, 0.15) is 19.3 Å². The van der Waals surface area contributed by atoms with E-state index in [2.05, 4.69) is 28.1 Å². The Morgan fingerprint density at radius 1 is 1.05 bits per heavy atom. The maximum atomic E-state index is 6.04. The number of rotatable bonds is 4. The molecule has 4 nitrogen and oxygen atoms in total. The number of ether oxygens (including phenoxy) is 1. The molecule has 1 saturated heterocycles. The van der Waals surface area contributed by atoms with Gasteiger partial charge in [0.2, 0.25) is 0 Å². The molecule has 1 heterocycles. The Morgan fingerprint density at radius 2 is 1.82 bits per heavy atom. The molecule has 0 unspecified atom stereocenters. The molecule has 0 aromatic heterocycles. The first kappa shape index (κ1) is 14.7. The molecule has 0 amide bonds. The van der Waals surface area contributed by atoms with Crippen molar-refractivity contribution >= 4 is 16.7 Å². The number of hydrogen-bond acceptors (Lipinski definition) is 2. The van der Waals surface area contributed by atoms with Crippen molar-refractivity contribution in [3.05, 3.63) is 42.5 Å². The van der Waals surface area contributed by atoms with Gasteiger partial charge in [0.25, 0.3) is 0 Å². The Morgan fingerprint density at radius 3 is 2.68 bits per heavy atom. The second-order valence-electron chi connectivity index (χ2n) is 5.61. The molecule has 4 heteroatoms. The first-order valence-electron chi connectivity index (χ1n) is 8.00. The lowest BCUT2D eigenvalue weighted by Crippen LogP contribution is -2.41. The van der Waals surface area contributed by atoms with Crippen molar-refractivity contribution in [3.8, 4) is 5.75 Å². The van der Waals surface area contributed by atoms with Gasteiger partial charge in [-0.2, -0.15) is 0 Å². The topological polar surface area (TPSA) is 50.9 Å². The summed E-state index contributed by atoms with van der Waals surface area (Å²) in [4.78, 5) is 6.61. The average molecular weight is 297 g/mol. The lowest BCUT2D eigenvalue weighted by Gasteiger charge is -2.27. The predicted octanol–water partition coefficient (Wildman–Crippen LogP) is 3.02. The van der Waals surface area contributed by atoms with Crippen LogP contribution < -0.4 is 10.5 Å². The third-order valence-electron chi connectivity index (χ3n) is 4.05. The van der Waals surface area contributed by atoms with E-state index >= 15 is 0 Å². The second kappa shape index (κ2) is 7.16. The van der Waals surface area contributed by atoms with Crippen molar-refractivity contribution in [2.45, 2.75) is 19.3 Å². The fraction of sp³-hybridized carbons (Fsp3) is 0.389. The number of hydrogen-bond donors (Lipinski definition) is 1. The highest BCUT2D eigenvalue weighted by molar-refractivity contribution is 5.88. The lowest BCUT2D eigenvalue weighted by atomic mass is 10.1. The second-order valence-corrected chi connectivity index (χ2v) is 5.61. The van der Waals surface area contributed by atoms with Crippen molar-refractivity contribution in [2.75, 3.05) is 26.2 Å². The van der Waals surface area contributed by atoms with E-state index in [0.717, 1.165) is 24.2 Å². The number of aliphatic imine (C=N–C) groups is 1. The molecule has 0 aliphatic carbocycles. The third-order valence-corrected chi connectivity index (χ3v) is 4.05. The van der Waals surface area contributed by atoms with Crippen LogP contribution in [0.4, 0.5) is 0 Å². The van der Waals surface area contributed by atoms with E-state index < -0.39 is 0 Å². The zero-order valence-electron chi connectivity index (χ0n) is 12.9. The largest absolute Gasteiger partial charge is 0.491 e. The first-order chi connectivity index (χ1) is 10.8. The van der Waals surface area contributed by atoms with Crippen LogP contribution in [0.15, 0.2) is 47.5 Å². The zero-order chi connectivity index (χ0) is 15.2. The average Bonchev–Trinajstić information content (AvgIpc) is 2.59. The maximum absolute atomic E-state index is 6.04. The van der Waals surface area contributed by atoms with E-state index in [1.54, 1.807) is 0 Å². The number of piperidine rings is 1. The van der Waals surface area contributed by atoms with Crippen LogP contribution in [0.2, 0.25) is 0 Å². The molecule has 0 radical (unpaired) electrons. The van der Waals surface area contributed by atoms with Crippen LogP contribution in [0, 0.1) is 0 Å². The monoisotopic (exact) mass is 297 g/mol. The molecule has 0 bridgehead atoms. The molecule has 2 N–H and O–H groups in total. The number of nitrogens with zero attached hydrogens (tertiary/aromatic N) is 2. The summed E-state index contributed by atoms with van der Waals surface area (Å²) in [6.07, 6.45) is 3.72. The summed E-state index contributed by atoms with van der Waals surface area (Å²) in [6.45, 7) is 3.19. The Kier molecular flexibility index (Phi) is 4.78. The van der Waals surface area contributed by atoms with E-state index in [1.807, 2.05) is 24.3 Å². The first-order valence-corrected chi connectivity index (χ1v) is 8.00. The molecule has 1 aliphatic heterocycles. The van der Waals surface area contributed by atoms with Crippen molar-refractivity contribution in [2.24, 2.45) is 10.7 Å². The summed E-state index contributed by atoms with van der Waals surface area (Å²) in [6, 6.07) is 14.3. The number of nitrogens with two attached hydrogens (primary N) is 1. The molecule has 22 heavy (non-hydrogen) atoms. The van der Waals surface area contributed by atoms with Gasteiger partial charge in [0.05, 0.1) is 6.54 Å². The standard InChI is InChI=1S/C18H23N3O/c19-18(21-12-4-1-5-13-21)20-11-14-22-17-10-6-8-15-7-2-3-9-16(15)17/h2-3,6-10H,1,4-5,11-14H2,(H2,19,20). The number of guanidine groups is 1. The van der Waals surface area contributed by atoms with Gasteiger partial charge in [0, 0.05) is 18.5 Å². The minimum atomic E-state index is 0.544. The zero-order valence-corrected chi connectivity index (χ0v) is 12.9. The Hall–Kier alpha value is -2.23. The van der Waals surface area contributed by atoms with Gasteiger partial charge < -0.3 is 15.4 Å². The van der Waals surface area contributed by atoms with Gasteiger partial charge >= 0.3 is 0 Å². The van der Waals surface area contributed by atoms with Gasteiger partial charge in [-0.15, -0.1) is 0 Å². The summed E-state index contributed by atoms with van der Waals surface area (Å²) < 4.78 is 5.88. The normalized spacial score (nSPS) is 16.0. The molecule has 0 atom stereocenters. The quantitative estimate of drug-likeness (QED) is 0.536. The summed E-state index contributed by atoms with van der Waals surface area (Å²) >= 11 is 0. The molecule has 0 spiro atoms. The van der Waals surface area contributed by atoms with Crippen LogP contribution in [0.3, 0.4) is 0 Å². The van der Waals surface area contributed by atoms with Gasteiger partial charge in [-0.1, -0.05) is 36.4 Å². The SMILES string of the molecule is NC(=NCCOc1cccc2ccccc12)N1CCCCC1. The van der Waals surface area contributed by atoms with Crippen molar-refractivity contribution in [1.29, 1.82) is 0 Å². The molecule has 1 fully saturated rings. The number of benzene rings is 2. The maximum Gasteiger partial charge on any atom is 0.191 e. The fourth-order valence-electron chi connectivity index (χ4n) is 2.86. The highest BCUT2D eigenvalue weighted by atomic mass is 16.5. The van der Waals surface area contributed by atoms with Gasteiger partial charge in [-0.3, -0.25) is 0 Å². The van der Waals surface area contributed by atoms with Crippen LogP contribution in [0.25, 0.3) is 10.8 Å². The Bertz CT molecular complexity index is 642. The summed E-state index contributed by atoms with van der Waals surface area (Å²) in [5, 5.41) is 2.33. The van der Waals surface area contributed by atoms with Gasteiger partial charge in [-0.05, 0) is 30.7 Å². The predicted molar refractivity (Wildman–Crippen MR) is 91.4 cm³/mol. The molecule has 2 aromatic rings. The minimum absolute atomic E-state index is 0.544. The van der Waals surface area contributed by atoms with Crippen molar-refractivity contribution in [1.82, 2.24) is 4.90 Å². The van der Waals surface area contributed by atoms with Crippen molar-refractivity contribution < 1.29 is 4.74 Å².